The fraction of sp³-hybridized carbons (Fsp3) is 0.350. The van der Waals surface area contributed by atoms with Gasteiger partial charge in [0.15, 0.2) is 0 Å². The topological polar surface area (TPSA) is 145 Å². The van der Waals surface area contributed by atoms with E-state index in [4.69, 9.17) is 11.5 Å². The summed E-state index contributed by atoms with van der Waals surface area (Å²) in [6.07, 6.45) is 9.67. The molecule has 0 aliphatic heterocycles. The molecule has 3 aromatic heterocycles. The van der Waals surface area contributed by atoms with E-state index in [0.29, 0.717) is 29.0 Å². The third-order valence-electron chi connectivity index (χ3n) is 5.68. The molecule has 0 bridgehead atoms. The van der Waals surface area contributed by atoms with Gasteiger partial charge in [-0.15, -0.1) is 0 Å². The average Bonchev–Trinajstić information content (AvgIpc) is 3.45. The van der Waals surface area contributed by atoms with Gasteiger partial charge in [-0.3, -0.25) is 14.3 Å². The van der Waals surface area contributed by atoms with Crippen LogP contribution in [0.2, 0.25) is 0 Å². The van der Waals surface area contributed by atoms with Gasteiger partial charge in [-0.05, 0) is 30.9 Å². The second-order valence-electron chi connectivity index (χ2n) is 7.36. The Labute approximate surface area is 166 Å². The zero-order valence-corrected chi connectivity index (χ0v) is 15.8. The number of aromatic nitrogens is 4. The van der Waals surface area contributed by atoms with Crippen molar-refractivity contribution < 1.29 is 9.59 Å². The summed E-state index contributed by atoms with van der Waals surface area (Å²) >= 11 is 0. The molecular weight excluding hydrogens is 370 g/mol. The SMILES string of the molecule is N#CCC(C1CCCC1)n1cc(-c2c(C(N)=O)cnn3c(C(N)=O)ccc23)cn1. The highest BCUT2D eigenvalue weighted by molar-refractivity contribution is 6.04. The van der Waals surface area contributed by atoms with E-state index < -0.39 is 11.8 Å². The van der Waals surface area contributed by atoms with E-state index in [1.807, 2.05) is 10.9 Å². The molecular formula is C20H21N7O2. The minimum Gasteiger partial charge on any atom is -0.366 e. The molecule has 4 rings (SSSR count). The van der Waals surface area contributed by atoms with Crippen LogP contribution in [0.5, 0.6) is 0 Å². The number of hydrogen-bond acceptors (Lipinski definition) is 5. The quantitative estimate of drug-likeness (QED) is 0.660. The van der Waals surface area contributed by atoms with E-state index in [2.05, 4.69) is 16.3 Å². The first-order valence-corrected chi connectivity index (χ1v) is 9.53. The van der Waals surface area contributed by atoms with E-state index in [1.54, 1.807) is 18.3 Å². The summed E-state index contributed by atoms with van der Waals surface area (Å²) in [6.45, 7) is 0. The van der Waals surface area contributed by atoms with Gasteiger partial charge in [-0.1, -0.05) is 12.8 Å². The molecule has 1 aliphatic rings. The van der Waals surface area contributed by atoms with Crippen molar-refractivity contribution in [2.75, 3.05) is 0 Å². The summed E-state index contributed by atoms with van der Waals surface area (Å²) in [4.78, 5) is 23.7. The van der Waals surface area contributed by atoms with Gasteiger partial charge in [0.1, 0.15) is 5.69 Å². The maximum atomic E-state index is 12.0. The molecule has 9 nitrogen and oxygen atoms in total. The van der Waals surface area contributed by atoms with Gasteiger partial charge < -0.3 is 11.5 Å². The molecule has 1 unspecified atom stereocenters. The Morgan fingerprint density at radius 3 is 2.59 bits per heavy atom. The van der Waals surface area contributed by atoms with Crippen molar-refractivity contribution in [3.63, 3.8) is 0 Å². The minimum atomic E-state index is -0.631. The van der Waals surface area contributed by atoms with Crippen LogP contribution >= 0.6 is 0 Å². The normalized spacial score (nSPS) is 15.4. The van der Waals surface area contributed by atoms with E-state index in [1.165, 1.54) is 10.7 Å². The van der Waals surface area contributed by atoms with Crippen LogP contribution in [0.15, 0.2) is 30.7 Å². The smallest absolute Gasteiger partial charge is 0.267 e. The van der Waals surface area contributed by atoms with E-state index >= 15 is 0 Å². The third-order valence-corrected chi connectivity index (χ3v) is 5.68. The molecule has 4 N–H and O–H groups in total. The molecule has 148 valence electrons. The number of fused-ring (bicyclic) bond motifs is 1. The first-order chi connectivity index (χ1) is 14.0. The van der Waals surface area contributed by atoms with Gasteiger partial charge in [0.05, 0.1) is 42.0 Å². The van der Waals surface area contributed by atoms with Crippen LogP contribution < -0.4 is 11.5 Å². The molecule has 0 radical (unpaired) electrons. The summed E-state index contributed by atoms with van der Waals surface area (Å²) in [6, 6.07) is 5.48. The second-order valence-corrected chi connectivity index (χ2v) is 7.36. The largest absolute Gasteiger partial charge is 0.366 e. The van der Waals surface area contributed by atoms with Crippen LogP contribution in [-0.2, 0) is 0 Å². The highest BCUT2D eigenvalue weighted by Gasteiger charge is 2.28. The maximum Gasteiger partial charge on any atom is 0.267 e. The van der Waals surface area contributed by atoms with Crippen LogP contribution in [0.4, 0.5) is 0 Å². The molecule has 1 aliphatic carbocycles. The Balaban J connectivity index is 1.84. The minimum absolute atomic E-state index is 0.0147. The predicted molar refractivity (Wildman–Crippen MR) is 105 cm³/mol. The standard InChI is InChI=1S/C20H21N7O2/c21-8-7-15(12-3-1-2-4-12)26-11-13(9-24-26)18-14(19(22)28)10-25-27-16(18)5-6-17(27)20(23)29/h5-6,9-12,15H,1-4,7H2,(H2,22,28)(H2,23,29). The van der Waals surface area contributed by atoms with Crippen LogP contribution in [0, 0.1) is 17.2 Å². The van der Waals surface area contributed by atoms with Gasteiger partial charge >= 0.3 is 0 Å². The van der Waals surface area contributed by atoms with Crippen molar-refractivity contribution in [1.82, 2.24) is 19.4 Å². The van der Waals surface area contributed by atoms with Crippen molar-refractivity contribution >= 4 is 17.3 Å². The van der Waals surface area contributed by atoms with Crippen molar-refractivity contribution in [3.8, 4) is 17.2 Å². The summed E-state index contributed by atoms with van der Waals surface area (Å²) in [5.74, 6) is -0.847. The van der Waals surface area contributed by atoms with Gasteiger partial charge in [-0.2, -0.15) is 15.5 Å². The number of rotatable bonds is 6. The van der Waals surface area contributed by atoms with Gasteiger partial charge in [0.2, 0.25) is 0 Å². The average molecular weight is 391 g/mol. The third kappa shape index (κ3) is 3.23. The number of carbonyl (C=O) groups is 2. The lowest BCUT2D eigenvalue weighted by Crippen LogP contribution is -2.18. The van der Waals surface area contributed by atoms with Crippen molar-refractivity contribution in [3.05, 3.63) is 42.0 Å². The Morgan fingerprint density at radius 1 is 1.17 bits per heavy atom. The lowest BCUT2D eigenvalue weighted by Gasteiger charge is -2.21. The molecule has 29 heavy (non-hydrogen) atoms. The van der Waals surface area contributed by atoms with E-state index in [0.717, 1.165) is 25.7 Å². The summed E-state index contributed by atoms with van der Waals surface area (Å²) in [5.41, 5.74) is 13.2. The number of nitriles is 1. The van der Waals surface area contributed by atoms with Gasteiger partial charge in [0.25, 0.3) is 11.8 Å². The molecule has 0 spiro atoms. The Hall–Kier alpha value is -3.67. The molecule has 1 atom stereocenters. The van der Waals surface area contributed by atoms with Crippen LogP contribution in [0.25, 0.3) is 16.6 Å². The van der Waals surface area contributed by atoms with Crippen LogP contribution in [0.1, 0.15) is 59.0 Å². The molecule has 1 fully saturated rings. The molecule has 0 aromatic carbocycles. The van der Waals surface area contributed by atoms with Crippen LogP contribution in [0.3, 0.4) is 0 Å². The Morgan fingerprint density at radius 2 is 1.93 bits per heavy atom. The highest BCUT2D eigenvalue weighted by atomic mass is 16.1. The zero-order chi connectivity index (χ0) is 20.5. The number of nitrogens with zero attached hydrogens (tertiary/aromatic N) is 5. The Kier molecular flexibility index (Phi) is 4.76. The maximum absolute atomic E-state index is 12.0. The fourth-order valence-electron chi connectivity index (χ4n) is 4.30. The molecule has 3 aromatic rings. The van der Waals surface area contributed by atoms with Gasteiger partial charge in [0, 0.05) is 17.3 Å². The summed E-state index contributed by atoms with van der Waals surface area (Å²) in [5, 5.41) is 17.9. The molecule has 1 saturated carbocycles. The van der Waals surface area contributed by atoms with Crippen LogP contribution in [-0.4, -0.2) is 31.2 Å². The van der Waals surface area contributed by atoms with E-state index in [9.17, 15) is 14.9 Å². The predicted octanol–water partition coefficient (Wildman–Crippen LogP) is 2.04. The number of primary amides is 2. The fourth-order valence-corrected chi connectivity index (χ4v) is 4.30. The number of amides is 2. The number of nitrogens with two attached hydrogens (primary N) is 2. The molecule has 3 heterocycles. The Bertz CT molecular complexity index is 1130. The number of carbonyl (C=O) groups excluding carboxylic acids is 2. The second kappa shape index (κ2) is 7.39. The highest BCUT2D eigenvalue weighted by Crippen LogP contribution is 2.37. The lowest BCUT2D eigenvalue weighted by molar-refractivity contribution is 0.0990. The molecule has 2 amide bonds. The zero-order valence-electron chi connectivity index (χ0n) is 15.8. The van der Waals surface area contributed by atoms with E-state index in [-0.39, 0.29) is 17.3 Å². The first-order valence-electron chi connectivity index (χ1n) is 9.53. The van der Waals surface area contributed by atoms with Crippen molar-refractivity contribution in [2.24, 2.45) is 17.4 Å². The van der Waals surface area contributed by atoms with Gasteiger partial charge in [-0.25, -0.2) is 4.52 Å². The summed E-state index contributed by atoms with van der Waals surface area (Å²) < 4.78 is 3.21. The monoisotopic (exact) mass is 391 g/mol. The lowest BCUT2D eigenvalue weighted by atomic mass is 9.96. The van der Waals surface area contributed by atoms with Crippen molar-refractivity contribution in [2.45, 2.75) is 38.1 Å². The summed E-state index contributed by atoms with van der Waals surface area (Å²) in [7, 11) is 0. The molecule has 9 heteroatoms. The van der Waals surface area contributed by atoms with Crippen molar-refractivity contribution in [1.29, 1.82) is 5.26 Å². The molecule has 0 saturated heterocycles. The number of hydrogen-bond donors (Lipinski definition) is 2. The first kappa shape index (κ1) is 18.7.